The molecule has 4 heteroatoms. The van der Waals surface area contributed by atoms with Crippen LogP contribution in [-0.4, -0.2) is 0 Å². The quantitative estimate of drug-likeness (QED) is 0.409. The molecule has 0 rings (SSSR count). The van der Waals surface area contributed by atoms with Gasteiger partial charge in [-0.3, -0.25) is 6.20 Å². The first-order chi connectivity index (χ1) is 3.91. The van der Waals surface area contributed by atoms with Gasteiger partial charge in [0.05, 0.1) is 0 Å². The molecule has 0 heterocycles. The molecule has 0 aromatic heterocycles. The molecule has 0 atom stereocenters. The van der Waals surface area contributed by atoms with Gasteiger partial charge in [0.25, 0.3) is 0 Å². The molecule has 0 fully saturated rings. The summed E-state index contributed by atoms with van der Waals surface area (Å²) in [6.07, 6.45) is 5.46. The van der Waals surface area contributed by atoms with E-state index in [9.17, 15) is 0 Å². The van der Waals surface area contributed by atoms with Crippen molar-refractivity contribution < 1.29 is 30.9 Å². The maximum atomic E-state index is 4.82. The Morgan fingerprint density at radius 3 is 2.12 bits per heavy atom. The zero-order chi connectivity index (χ0) is 6.83. The van der Waals surface area contributed by atoms with E-state index in [-0.39, 0.29) is 0 Å². The van der Waals surface area contributed by atoms with Gasteiger partial charge in [0.2, 0.25) is 0 Å². The van der Waals surface area contributed by atoms with Crippen LogP contribution in [0, 0.1) is 11.2 Å². The van der Waals surface area contributed by atoms with Crippen molar-refractivity contribution in [3.63, 3.8) is 0 Å². The Labute approximate surface area is 75.3 Å². The van der Waals surface area contributed by atoms with Gasteiger partial charge in [0, 0.05) is 0 Å². The predicted octanol–water partition coefficient (Wildman–Crippen LogP) is 0.969. The van der Waals surface area contributed by atoms with E-state index in [4.69, 9.17) is 5.73 Å². The van der Waals surface area contributed by atoms with E-state index in [1.165, 1.54) is 16.8 Å². The van der Waals surface area contributed by atoms with Crippen molar-refractivity contribution in [1.82, 2.24) is 0 Å². The summed E-state index contributed by atoms with van der Waals surface area (Å²) in [5, 5.41) is 0. The van der Waals surface area contributed by atoms with Crippen LogP contribution in [0.3, 0.4) is 0 Å². The first kappa shape index (κ1) is 11.8. The third-order valence-electron chi connectivity index (χ3n) is 0.243. The number of halogens is 1. The molecule has 0 aromatic carbocycles. The Morgan fingerprint density at radius 2 is 2.00 bits per heavy atom. The first-order valence-electron chi connectivity index (χ1n) is 1.57. The topological polar surface area (TPSA) is 26.0 Å². The van der Waals surface area contributed by atoms with Crippen LogP contribution in [0.15, 0.2) is 12.2 Å². The number of hydrogen-bond acceptors (Lipinski definition) is 1. The molecule has 0 aliphatic carbocycles. The van der Waals surface area contributed by atoms with E-state index < -0.39 is 0 Å². The molecule has 0 aliphatic rings. The molecule has 0 aliphatic heterocycles. The van der Waals surface area contributed by atoms with Gasteiger partial charge in [-0.2, -0.15) is 0 Å². The standard InChI is InChI=1S/C4H4BrN.V.W/c5-3-1-2-4-6;;/h1-2H,6H2;;/q-2;;. The van der Waals surface area contributed by atoms with Crippen LogP contribution < -0.4 is 5.73 Å². The summed E-state index contributed by atoms with van der Waals surface area (Å²) in [6, 6.07) is 0. The van der Waals surface area contributed by atoms with E-state index in [1.807, 2.05) is 0 Å². The zero-order valence-corrected chi connectivity index (χ0v) is 9.88. The van der Waals surface area contributed by atoms with Gasteiger partial charge in [0.15, 0.2) is 0 Å². The number of nitrogens with two attached hydrogens (primary N) is 1. The van der Waals surface area contributed by atoms with E-state index in [0.717, 1.165) is 0 Å². The van der Waals surface area contributed by atoms with Crippen molar-refractivity contribution in [2.45, 2.75) is 0 Å². The molecule has 1 nitrogen and oxygen atoms in total. The average Bonchev–Trinajstić information content (AvgIpc) is 1.88. The first-order valence-corrected chi connectivity index (χ1v) is 8.34. The van der Waals surface area contributed by atoms with Crippen LogP contribution in [0.4, 0.5) is 0 Å². The summed E-state index contributed by atoms with van der Waals surface area (Å²) in [5.41, 5.74) is 4.82. The number of hydrogen-bond donors (Lipinski definition) is 1. The van der Waals surface area contributed by atoms with Crippen molar-refractivity contribution in [2.24, 2.45) is 5.73 Å². The van der Waals surface area contributed by atoms with Gasteiger partial charge in [-0.05, 0) is 0 Å². The van der Waals surface area contributed by atoms with Crippen LogP contribution in [0.1, 0.15) is 0 Å². The minimum atomic E-state index is 1.52. The van der Waals surface area contributed by atoms with Gasteiger partial charge in [-0.25, -0.2) is 15.9 Å². The van der Waals surface area contributed by atoms with Crippen molar-refractivity contribution in [3.05, 3.63) is 23.3 Å². The predicted molar refractivity (Wildman–Crippen MR) is 28.7 cm³/mol. The fourth-order valence-corrected chi connectivity index (χ4v) is 0.212. The van der Waals surface area contributed by atoms with Crippen molar-refractivity contribution in [2.75, 3.05) is 0 Å². The fourth-order valence-electron chi connectivity index (χ4n) is 0.0796. The maximum absolute atomic E-state index is 4.82. The van der Waals surface area contributed by atoms with E-state index in [0.29, 0.717) is 0 Å². The van der Waals surface area contributed by atoms with E-state index in [1.54, 1.807) is 12.2 Å². The van der Waals surface area contributed by atoms with Crippen LogP contribution in [0.5, 0.6) is 0 Å². The second-order valence-electron chi connectivity index (χ2n) is 0.609. The Kier molecular flexibility index (Phi) is 23.1. The Balaban J connectivity index is 0. The van der Waals surface area contributed by atoms with Crippen molar-refractivity contribution in [1.29, 1.82) is 0 Å². The molecular weight excluding hydrogens is 377 g/mol. The molecule has 0 radical (unpaired) electrons. The molecule has 0 saturated heterocycles. The molecule has 2 N–H and O–H groups in total. The third kappa shape index (κ3) is 15.7. The van der Waals surface area contributed by atoms with Crippen LogP contribution in [-0.2, 0) is 30.9 Å². The molecule has 8 heavy (non-hydrogen) atoms. The summed E-state index contributed by atoms with van der Waals surface area (Å²) in [7, 11) is 0. The van der Waals surface area contributed by atoms with Crippen molar-refractivity contribution >= 4 is 15.9 Å². The zero-order valence-electron chi connectivity index (χ0n) is 3.97. The second kappa shape index (κ2) is 15.7. The second-order valence-corrected chi connectivity index (χ2v) is 1.07. The van der Waals surface area contributed by atoms with E-state index in [2.05, 4.69) is 41.2 Å². The molecule has 0 aromatic rings. The number of allylic oxidation sites excluding steroid dienone is 2. The third-order valence-corrected chi connectivity index (χ3v) is 0.507. The SMILES string of the molecule is N[C-]=CC=[C-]Br.[V]=[W]. The summed E-state index contributed by atoms with van der Waals surface area (Å²) in [5.74, 6) is 0. The van der Waals surface area contributed by atoms with Gasteiger partial charge in [-0.1, -0.05) is 0 Å². The molecule has 0 amide bonds. The molecule has 45 valence electrons. The molecule has 0 bridgehead atoms. The van der Waals surface area contributed by atoms with Gasteiger partial charge in [-0.15, -0.1) is 0 Å². The molecule has 0 spiro atoms. The van der Waals surface area contributed by atoms with Crippen LogP contribution in [0.2, 0.25) is 0 Å². The van der Waals surface area contributed by atoms with Crippen molar-refractivity contribution in [3.8, 4) is 0 Å². The fraction of sp³-hybridized carbons (Fsp3) is 0. The molecular formula is C4H4BrNVW-2. The average molecular weight is 381 g/mol. The van der Waals surface area contributed by atoms with Gasteiger partial charge >= 0.3 is 30.9 Å². The van der Waals surface area contributed by atoms with E-state index >= 15 is 0 Å². The summed E-state index contributed by atoms with van der Waals surface area (Å²) in [6.45, 7) is 0. The monoisotopic (exact) mass is 380 g/mol. The molecule has 0 unspecified atom stereocenters. The summed E-state index contributed by atoms with van der Waals surface area (Å²) >= 11 is 6.83. The Morgan fingerprint density at radius 1 is 1.50 bits per heavy atom. The normalized spacial score (nSPS) is 9.00. The number of rotatable bonds is 1. The summed E-state index contributed by atoms with van der Waals surface area (Å²) < 4.78 is 0. The Hall–Kier alpha value is 1.03. The molecule has 0 saturated carbocycles. The van der Waals surface area contributed by atoms with Gasteiger partial charge < -0.3 is 22.9 Å². The summed E-state index contributed by atoms with van der Waals surface area (Å²) in [4.78, 5) is 2.56. The van der Waals surface area contributed by atoms with Crippen LogP contribution >= 0.6 is 15.9 Å². The minimum absolute atomic E-state index is 1.52. The Bertz CT molecular complexity index is 74.1. The van der Waals surface area contributed by atoms with Crippen LogP contribution in [0.25, 0.3) is 0 Å². The van der Waals surface area contributed by atoms with Gasteiger partial charge in [0.1, 0.15) is 0 Å².